The van der Waals surface area contributed by atoms with Gasteiger partial charge < -0.3 is 28.4 Å². The van der Waals surface area contributed by atoms with Crippen molar-refractivity contribution in [3.05, 3.63) is 35.9 Å². The Balaban J connectivity index is 2.34. The van der Waals surface area contributed by atoms with E-state index in [2.05, 4.69) is 0 Å². The van der Waals surface area contributed by atoms with Crippen molar-refractivity contribution in [2.45, 2.75) is 65.0 Å². The minimum absolute atomic E-state index is 0.167. The Morgan fingerprint density at radius 3 is 2.07 bits per heavy atom. The molecule has 0 aromatic heterocycles. The van der Waals surface area contributed by atoms with Crippen LogP contribution in [0.15, 0.2) is 30.3 Å². The monoisotopic (exact) mass is 424 g/mol. The molecule has 1 aliphatic heterocycles. The molecule has 30 heavy (non-hydrogen) atoms. The molecule has 9 nitrogen and oxygen atoms in total. The molecule has 0 spiro atoms. The Kier molecular flexibility index (Phi) is 9.22. The maximum atomic E-state index is 11.8. The molecule has 5 atom stereocenters. The van der Waals surface area contributed by atoms with Gasteiger partial charge in [-0.3, -0.25) is 14.4 Å². The summed E-state index contributed by atoms with van der Waals surface area (Å²) in [5.74, 6) is -1.67. The lowest BCUT2D eigenvalue weighted by molar-refractivity contribution is -0.312. The number of carbonyl (C=O) groups is 3. The minimum Gasteiger partial charge on any atom is -0.463 e. The van der Waals surface area contributed by atoms with E-state index in [1.165, 1.54) is 20.8 Å². The van der Waals surface area contributed by atoms with Gasteiger partial charge in [0.2, 0.25) is 0 Å². The van der Waals surface area contributed by atoms with E-state index in [0.717, 1.165) is 5.56 Å². The SMILES string of the molecule is CCO[C@@H]1O[C@H](COC(C)=O)[C@@H](OC(C)=O)[C@H](OCc2ccccc2)[C@@H]1OC(C)=O. The van der Waals surface area contributed by atoms with Crippen molar-refractivity contribution in [3.8, 4) is 0 Å². The van der Waals surface area contributed by atoms with Gasteiger partial charge in [0.25, 0.3) is 0 Å². The second-order valence-electron chi connectivity index (χ2n) is 6.71. The first kappa shape index (κ1) is 23.8. The molecule has 0 unspecified atom stereocenters. The van der Waals surface area contributed by atoms with Crippen LogP contribution in [0.1, 0.15) is 33.3 Å². The van der Waals surface area contributed by atoms with Gasteiger partial charge in [-0.05, 0) is 12.5 Å². The summed E-state index contributed by atoms with van der Waals surface area (Å²) in [4.78, 5) is 34.8. The van der Waals surface area contributed by atoms with Gasteiger partial charge in [0.1, 0.15) is 18.8 Å². The highest BCUT2D eigenvalue weighted by Crippen LogP contribution is 2.30. The molecule has 9 heteroatoms. The van der Waals surface area contributed by atoms with Crippen molar-refractivity contribution in [1.82, 2.24) is 0 Å². The normalized spacial score (nSPS) is 25.9. The number of benzene rings is 1. The predicted octanol–water partition coefficient (Wildman–Crippen LogP) is 1.76. The number of rotatable bonds is 9. The largest absolute Gasteiger partial charge is 0.463 e. The van der Waals surface area contributed by atoms with Crippen LogP contribution in [0.4, 0.5) is 0 Å². The van der Waals surface area contributed by atoms with Crippen LogP contribution in [0.3, 0.4) is 0 Å². The van der Waals surface area contributed by atoms with Crippen LogP contribution in [-0.4, -0.2) is 61.8 Å². The smallest absolute Gasteiger partial charge is 0.303 e. The first-order chi connectivity index (χ1) is 14.3. The second-order valence-corrected chi connectivity index (χ2v) is 6.71. The maximum absolute atomic E-state index is 11.8. The summed E-state index contributed by atoms with van der Waals surface area (Å²) in [5.41, 5.74) is 0.872. The van der Waals surface area contributed by atoms with Crippen molar-refractivity contribution in [2.24, 2.45) is 0 Å². The van der Waals surface area contributed by atoms with E-state index < -0.39 is 48.6 Å². The van der Waals surface area contributed by atoms with Crippen molar-refractivity contribution in [2.75, 3.05) is 13.2 Å². The quantitative estimate of drug-likeness (QED) is 0.433. The standard InChI is InChI=1S/C21H28O9/c1-5-25-21-20(29-15(4)24)19(27-11-16-9-7-6-8-10-16)18(28-14(3)23)17(30-21)12-26-13(2)22/h6-10,17-21H,5,11-12H2,1-4H3/t17-,18-,19+,20+,21-/m1/s1. The molecule has 1 fully saturated rings. The Bertz CT molecular complexity index is 706. The van der Waals surface area contributed by atoms with Crippen molar-refractivity contribution < 1.29 is 42.8 Å². The molecule has 1 aromatic rings. The van der Waals surface area contributed by atoms with Crippen molar-refractivity contribution in [1.29, 1.82) is 0 Å². The minimum atomic E-state index is -0.996. The average Bonchev–Trinajstić information content (AvgIpc) is 2.68. The van der Waals surface area contributed by atoms with E-state index in [1.54, 1.807) is 6.92 Å². The average molecular weight is 424 g/mol. The Morgan fingerprint density at radius 1 is 0.867 bits per heavy atom. The highest BCUT2D eigenvalue weighted by atomic mass is 16.7. The molecule has 2 rings (SSSR count). The van der Waals surface area contributed by atoms with E-state index in [4.69, 9.17) is 28.4 Å². The molecule has 0 amide bonds. The van der Waals surface area contributed by atoms with Crippen LogP contribution in [0, 0.1) is 0 Å². The number of ether oxygens (including phenoxy) is 6. The number of hydrogen-bond acceptors (Lipinski definition) is 9. The van der Waals surface area contributed by atoms with E-state index in [9.17, 15) is 14.4 Å². The Morgan fingerprint density at radius 2 is 1.50 bits per heavy atom. The van der Waals surface area contributed by atoms with Crippen LogP contribution in [0.5, 0.6) is 0 Å². The third-order valence-corrected chi connectivity index (χ3v) is 4.26. The molecule has 1 aromatic carbocycles. The van der Waals surface area contributed by atoms with E-state index in [1.807, 2.05) is 30.3 Å². The highest BCUT2D eigenvalue weighted by Gasteiger charge is 2.51. The molecule has 1 aliphatic rings. The first-order valence-corrected chi connectivity index (χ1v) is 9.72. The summed E-state index contributed by atoms with van der Waals surface area (Å²) in [7, 11) is 0. The molecule has 0 N–H and O–H groups in total. The third-order valence-electron chi connectivity index (χ3n) is 4.26. The summed E-state index contributed by atoms with van der Waals surface area (Å²) in [6.45, 7) is 5.76. The molecule has 1 heterocycles. The lowest BCUT2D eigenvalue weighted by Gasteiger charge is -2.44. The van der Waals surface area contributed by atoms with E-state index in [-0.39, 0.29) is 19.8 Å². The molecular weight excluding hydrogens is 396 g/mol. The molecular formula is C21H28O9. The fourth-order valence-corrected chi connectivity index (χ4v) is 3.12. The summed E-state index contributed by atoms with van der Waals surface area (Å²) in [6.07, 6.45) is -4.77. The van der Waals surface area contributed by atoms with Gasteiger partial charge in [-0.2, -0.15) is 0 Å². The molecule has 0 radical (unpaired) electrons. The third kappa shape index (κ3) is 7.08. The lowest BCUT2D eigenvalue weighted by atomic mass is 9.98. The van der Waals surface area contributed by atoms with Crippen LogP contribution < -0.4 is 0 Å². The van der Waals surface area contributed by atoms with Gasteiger partial charge in [0.05, 0.1) is 6.61 Å². The second kappa shape index (κ2) is 11.6. The lowest BCUT2D eigenvalue weighted by Crippen LogP contribution is -2.62. The van der Waals surface area contributed by atoms with Gasteiger partial charge in [-0.15, -0.1) is 0 Å². The topological polar surface area (TPSA) is 107 Å². The highest BCUT2D eigenvalue weighted by molar-refractivity contribution is 5.67. The van der Waals surface area contributed by atoms with Gasteiger partial charge in [-0.25, -0.2) is 0 Å². The van der Waals surface area contributed by atoms with Gasteiger partial charge >= 0.3 is 17.9 Å². The predicted molar refractivity (Wildman–Crippen MR) is 103 cm³/mol. The fraction of sp³-hybridized carbons (Fsp3) is 0.571. The van der Waals surface area contributed by atoms with Gasteiger partial charge in [-0.1, -0.05) is 30.3 Å². The van der Waals surface area contributed by atoms with Crippen LogP contribution in [0.25, 0.3) is 0 Å². The van der Waals surface area contributed by atoms with E-state index in [0.29, 0.717) is 0 Å². The fourth-order valence-electron chi connectivity index (χ4n) is 3.12. The zero-order chi connectivity index (χ0) is 22.1. The van der Waals surface area contributed by atoms with E-state index >= 15 is 0 Å². The number of hydrogen-bond donors (Lipinski definition) is 0. The molecule has 0 bridgehead atoms. The Labute approximate surface area is 175 Å². The van der Waals surface area contributed by atoms with Crippen molar-refractivity contribution >= 4 is 17.9 Å². The molecule has 166 valence electrons. The zero-order valence-corrected chi connectivity index (χ0v) is 17.6. The van der Waals surface area contributed by atoms with Crippen LogP contribution in [-0.2, 0) is 49.4 Å². The summed E-state index contributed by atoms with van der Waals surface area (Å²) >= 11 is 0. The van der Waals surface area contributed by atoms with Crippen LogP contribution >= 0.6 is 0 Å². The van der Waals surface area contributed by atoms with Crippen LogP contribution in [0.2, 0.25) is 0 Å². The summed E-state index contributed by atoms with van der Waals surface area (Å²) in [6, 6.07) is 9.35. The zero-order valence-electron chi connectivity index (χ0n) is 17.6. The molecule has 1 saturated heterocycles. The van der Waals surface area contributed by atoms with Gasteiger partial charge in [0, 0.05) is 27.4 Å². The molecule has 0 saturated carbocycles. The van der Waals surface area contributed by atoms with Crippen molar-refractivity contribution in [3.63, 3.8) is 0 Å². The summed E-state index contributed by atoms with van der Waals surface area (Å²) in [5, 5.41) is 0. The Hall–Kier alpha value is -2.49. The maximum Gasteiger partial charge on any atom is 0.303 e. The molecule has 0 aliphatic carbocycles. The summed E-state index contributed by atoms with van der Waals surface area (Å²) < 4.78 is 33.5. The first-order valence-electron chi connectivity index (χ1n) is 9.72. The number of carbonyl (C=O) groups excluding carboxylic acids is 3. The van der Waals surface area contributed by atoms with Gasteiger partial charge in [0.15, 0.2) is 18.5 Å². The number of esters is 3.